The van der Waals surface area contributed by atoms with Gasteiger partial charge in [-0.2, -0.15) is 0 Å². The maximum absolute atomic E-state index is 12.6. The molecule has 142 valence electrons. The SMILES string of the molecule is O=C(CNCCc1ccccc1)Nc1cccc(C(=O)N2CCCCC2)c1. The number of hydrogen-bond acceptors (Lipinski definition) is 3. The normalized spacial score (nSPS) is 14.0. The predicted octanol–water partition coefficient (Wildman–Crippen LogP) is 3.08. The highest BCUT2D eigenvalue weighted by molar-refractivity contribution is 5.97. The summed E-state index contributed by atoms with van der Waals surface area (Å²) < 4.78 is 0. The van der Waals surface area contributed by atoms with Crippen molar-refractivity contribution in [2.24, 2.45) is 0 Å². The van der Waals surface area contributed by atoms with Gasteiger partial charge in [-0.1, -0.05) is 36.4 Å². The Labute approximate surface area is 160 Å². The molecule has 1 fully saturated rings. The van der Waals surface area contributed by atoms with E-state index in [1.807, 2.05) is 41.3 Å². The second-order valence-corrected chi connectivity index (χ2v) is 6.89. The molecular formula is C22H27N3O2. The van der Waals surface area contributed by atoms with Gasteiger partial charge in [0, 0.05) is 24.3 Å². The van der Waals surface area contributed by atoms with E-state index in [1.54, 1.807) is 6.07 Å². The molecule has 1 heterocycles. The smallest absolute Gasteiger partial charge is 0.253 e. The van der Waals surface area contributed by atoms with E-state index in [1.165, 1.54) is 12.0 Å². The van der Waals surface area contributed by atoms with Gasteiger partial charge in [0.15, 0.2) is 0 Å². The first-order chi connectivity index (χ1) is 13.2. The van der Waals surface area contributed by atoms with Gasteiger partial charge in [-0.3, -0.25) is 9.59 Å². The van der Waals surface area contributed by atoms with Crippen molar-refractivity contribution in [2.75, 3.05) is 31.5 Å². The molecule has 2 N–H and O–H groups in total. The molecule has 1 saturated heterocycles. The fourth-order valence-corrected chi connectivity index (χ4v) is 3.29. The number of piperidine rings is 1. The number of rotatable bonds is 7. The molecule has 27 heavy (non-hydrogen) atoms. The van der Waals surface area contributed by atoms with Crippen LogP contribution in [0.25, 0.3) is 0 Å². The van der Waals surface area contributed by atoms with E-state index in [9.17, 15) is 9.59 Å². The Balaban J connectivity index is 1.45. The van der Waals surface area contributed by atoms with Gasteiger partial charge in [-0.25, -0.2) is 0 Å². The van der Waals surface area contributed by atoms with Crippen LogP contribution in [-0.4, -0.2) is 42.9 Å². The van der Waals surface area contributed by atoms with Crippen LogP contribution in [-0.2, 0) is 11.2 Å². The van der Waals surface area contributed by atoms with E-state index < -0.39 is 0 Å². The minimum absolute atomic E-state index is 0.0479. The topological polar surface area (TPSA) is 61.4 Å². The summed E-state index contributed by atoms with van der Waals surface area (Å²) in [4.78, 5) is 26.6. The van der Waals surface area contributed by atoms with E-state index in [0.717, 1.165) is 38.9 Å². The molecule has 0 radical (unpaired) electrons. The highest BCUT2D eigenvalue weighted by atomic mass is 16.2. The molecule has 3 rings (SSSR count). The number of nitrogens with one attached hydrogen (secondary N) is 2. The molecule has 2 amide bonds. The molecule has 0 aliphatic carbocycles. The Morgan fingerprint density at radius 3 is 2.48 bits per heavy atom. The third kappa shape index (κ3) is 5.93. The molecule has 2 aromatic carbocycles. The highest BCUT2D eigenvalue weighted by Gasteiger charge is 2.18. The molecule has 5 nitrogen and oxygen atoms in total. The number of likely N-dealkylation sites (tertiary alicyclic amines) is 1. The van der Waals surface area contributed by atoms with Crippen LogP contribution in [0.5, 0.6) is 0 Å². The Bertz CT molecular complexity index is 755. The predicted molar refractivity (Wildman–Crippen MR) is 108 cm³/mol. The Morgan fingerprint density at radius 1 is 0.926 bits per heavy atom. The fourth-order valence-electron chi connectivity index (χ4n) is 3.29. The first-order valence-electron chi connectivity index (χ1n) is 9.66. The van der Waals surface area contributed by atoms with Crippen molar-refractivity contribution in [2.45, 2.75) is 25.7 Å². The van der Waals surface area contributed by atoms with Crippen molar-refractivity contribution < 1.29 is 9.59 Å². The van der Waals surface area contributed by atoms with Crippen molar-refractivity contribution in [1.29, 1.82) is 0 Å². The van der Waals surface area contributed by atoms with Gasteiger partial charge in [-0.05, 0) is 56.0 Å². The maximum atomic E-state index is 12.6. The summed E-state index contributed by atoms with van der Waals surface area (Å²) in [5.41, 5.74) is 2.54. The minimum atomic E-state index is -0.106. The zero-order valence-corrected chi connectivity index (χ0v) is 15.6. The number of amides is 2. The van der Waals surface area contributed by atoms with Crippen LogP contribution in [0.15, 0.2) is 54.6 Å². The molecule has 2 aromatic rings. The summed E-state index contributed by atoms with van der Waals surface area (Å²) in [6.07, 6.45) is 4.21. The van der Waals surface area contributed by atoms with E-state index in [4.69, 9.17) is 0 Å². The molecule has 0 bridgehead atoms. The zero-order valence-electron chi connectivity index (χ0n) is 15.6. The summed E-state index contributed by atoms with van der Waals surface area (Å²) in [5, 5.41) is 6.02. The van der Waals surface area contributed by atoms with Crippen molar-refractivity contribution in [3.63, 3.8) is 0 Å². The largest absolute Gasteiger partial charge is 0.339 e. The monoisotopic (exact) mass is 365 g/mol. The van der Waals surface area contributed by atoms with Crippen molar-refractivity contribution in [3.8, 4) is 0 Å². The van der Waals surface area contributed by atoms with Crippen LogP contribution in [0, 0.1) is 0 Å². The first-order valence-corrected chi connectivity index (χ1v) is 9.66. The Kier molecular flexibility index (Phi) is 6.99. The quantitative estimate of drug-likeness (QED) is 0.741. The van der Waals surface area contributed by atoms with Crippen LogP contribution in [0.3, 0.4) is 0 Å². The number of carbonyl (C=O) groups is 2. The lowest BCUT2D eigenvalue weighted by molar-refractivity contribution is -0.115. The Morgan fingerprint density at radius 2 is 1.70 bits per heavy atom. The van der Waals surface area contributed by atoms with Gasteiger partial charge in [-0.15, -0.1) is 0 Å². The van der Waals surface area contributed by atoms with E-state index >= 15 is 0 Å². The molecule has 0 aromatic heterocycles. The van der Waals surface area contributed by atoms with E-state index in [2.05, 4.69) is 22.8 Å². The highest BCUT2D eigenvalue weighted by Crippen LogP contribution is 2.16. The number of benzene rings is 2. The average Bonchev–Trinajstić information content (AvgIpc) is 2.72. The summed E-state index contributed by atoms with van der Waals surface area (Å²) in [5.74, 6) is -0.0579. The van der Waals surface area contributed by atoms with E-state index in [-0.39, 0.29) is 18.4 Å². The van der Waals surface area contributed by atoms with Crippen LogP contribution in [0.4, 0.5) is 5.69 Å². The minimum Gasteiger partial charge on any atom is -0.339 e. The number of nitrogens with zero attached hydrogens (tertiary/aromatic N) is 1. The molecule has 1 aliphatic heterocycles. The number of anilines is 1. The summed E-state index contributed by atoms with van der Waals surface area (Å²) >= 11 is 0. The van der Waals surface area contributed by atoms with Crippen molar-refractivity contribution >= 4 is 17.5 Å². The van der Waals surface area contributed by atoms with E-state index in [0.29, 0.717) is 11.3 Å². The van der Waals surface area contributed by atoms with Gasteiger partial charge in [0.1, 0.15) is 0 Å². The number of carbonyl (C=O) groups excluding carboxylic acids is 2. The molecule has 5 heteroatoms. The van der Waals surface area contributed by atoms with Gasteiger partial charge in [0.25, 0.3) is 5.91 Å². The van der Waals surface area contributed by atoms with Crippen LogP contribution in [0.2, 0.25) is 0 Å². The molecule has 0 saturated carbocycles. The third-order valence-corrected chi connectivity index (χ3v) is 4.76. The second-order valence-electron chi connectivity index (χ2n) is 6.89. The molecule has 1 aliphatic rings. The molecular weight excluding hydrogens is 338 g/mol. The first kappa shape index (κ1) is 19.1. The van der Waals surface area contributed by atoms with Gasteiger partial charge < -0.3 is 15.5 Å². The number of hydrogen-bond donors (Lipinski definition) is 2. The third-order valence-electron chi connectivity index (χ3n) is 4.76. The zero-order chi connectivity index (χ0) is 18.9. The van der Waals surface area contributed by atoms with Gasteiger partial charge >= 0.3 is 0 Å². The van der Waals surface area contributed by atoms with Gasteiger partial charge in [0.2, 0.25) is 5.91 Å². The second kappa shape index (κ2) is 9.88. The van der Waals surface area contributed by atoms with Crippen molar-refractivity contribution in [3.05, 3.63) is 65.7 Å². The van der Waals surface area contributed by atoms with Crippen LogP contribution in [0.1, 0.15) is 35.2 Å². The fraction of sp³-hybridized carbons (Fsp3) is 0.364. The van der Waals surface area contributed by atoms with Crippen LogP contribution >= 0.6 is 0 Å². The molecule has 0 spiro atoms. The lowest BCUT2D eigenvalue weighted by Gasteiger charge is -2.26. The lowest BCUT2D eigenvalue weighted by atomic mass is 10.1. The summed E-state index contributed by atoms with van der Waals surface area (Å²) in [7, 11) is 0. The molecule has 0 unspecified atom stereocenters. The maximum Gasteiger partial charge on any atom is 0.253 e. The van der Waals surface area contributed by atoms with Crippen molar-refractivity contribution in [1.82, 2.24) is 10.2 Å². The van der Waals surface area contributed by atoms with Crippen LogP contribution < -0.4 is 10.6 Å². The summed E-state index contributed by atoms with van der Waals surface area (Å²) in [6, 6.07) is 17.4. The average molecular weight is 365 g/mol. The standard InChI is InChI=1S/C22H27N3O2/c26-21(17-23-13-12-18-8-3-1-4-9-18)24-20-11-7-10-19(16-20)22(27)25-14-5-2-6-15-25/h1,3-4,7-11,16,23H,2,5-6,12-15,17H2,(H,24,26). The lowest BCUT2D eigenvalue weighted by Crippen LogP contribution is -2.35. The Hall–Kier alpha value is -2.66. The molecule has 0 atom stereocenters. The summed E-state index contributed by atoms with van der Waals surface area (Å²) in [6.45, 7) is 2.63. The van der Waals surface area contributed by atoms with Gasteiger partial charge in [0.05, 0.1) is 6.54 Å².